The summed E-state index contributed by atoms with van der Waals surface area (Å²) in [5, 5.41) is 3.96. The SMILES string of the molecule is CC(=O)N/C=C(\c1ccccc1)c1c(C)[nH]c2ccccc12. The highest BCUT2D eigenvalue weighted by molar-refractivity contribution is 5.98. The topological polar surface area (TPSA) is 44.9 Å². The summed E-state index contributed by atoms with van der Waals surface area (Å²) in [6, 6.07) is 18.3. The molecular formula is C19H18N2O. The predicted molar refractivity (Wildman–Crippen MR) is 90.4 cm³/mol. The van der Waals surface area contributed by atoms with E-state index in [0.29, 0.717) is 0 Å². The molecule has 2 aromatic carbocycles. The molecule has 2 N–H and O–H groups in total. The van der Waals surface area contributed by atoms with Gasteiger partial charge in [-0.1, -0.05) is 48.5 Å². The largest absolute Gasteiger partial charge is 0.358 e. The lowest BCUT2D eigenvalue weighted by molar-refractivity contribution is -0.118. The number of para-hydroxylation sites is 1. The van der Waals surface area contributed by atoms with Crippen LogP contribution in [-0.4, -0.2) is 10.9 Å². The van der Waals surface area contributed by atoms with Crippen LogP contribution in [0, 0.1) is 6.92 Å². The fourth-order valence-electron chi connectivity index (χ4n) is 2.72. The molecule has 1 aromatic heterocycles. The summed E-state index contributed by atoms with van der Waals surface area (Å²) in [5.41, 5.74) is 5.38. The van der Waals surface area contributed by atoms with E-state index in [4.69, 9.17) is 0 Å². The second-order valence-corrected chi connectivity index (χ2v) is 5.30. The molecule has 0 spiro atoms. The van der Waals surface area contributed by atoms with E-state index in [9.17, 15) is 4.79 Å². The van der Waals surface area contributed by atoms with E-state index in [1.165, 1.54) is 6.92 Å². The van der Waals surface area contributed by atoms with Gasteiger partial charge in [0.2, 0.25) is 5.91 Å². The summed E-state index contributed by atoms with van der Waals surface area (Å²) < 4.78 is 0. The van der Waals surface area contributed by atoms with Crippen molar-refractivity contribution in [1.29, 1.82) is 0 Å². The predicted octanol–water partition coefficient (Wildman–Crippen LogP) is 4.00. The van der Waals surface area contributed by atoms with Crippen LogP contribution in [0.3, 0.4) is 0 Å². The van der Waals surface area contributed by atoms with Gasteiger partial charge in [0.15, 0.2) is 0 Å². The lowest BCUT2D eigenvalue weighted by Crippen LogP contribution is -2.13. The van der Waals surface area contributed by atoms with Crippen molar-refractivity contribution in [3.63, 3.8) is 0 Å². The van der Waals surface area contributed by atoms with Gasteiger partial charge in [-0.3, -0.25) is 4.79 Å². The van der Waals surface area contributed by atoms with Gasteiger partial charge < -0.3 is 10.3 Å². The van der Waals surface area contributed by atoms with E-state index in [1.54, 1.807) is 6.20 Å². The maximum atomic E-state index is 11.3. The zero-order valence-electron chi connectivity index (χ0n) is 12.7. The first-order valence-corrected chi connectivity index (χ1v) is 7.27. The first-order chi connectivity index (χ1) is 10.7. The number of aryl methyl sites for hydroxylation is 1. The Labute approximate surface area is 129 Å². The summed E-state index contributed by atoms with van der Waals surface area (Å²) in [4.78, 5) is 14.7. The van der Waals surface area contributed by atoms with E-state index >= 15 is 0 Å². The number of carbonyl (C=O) groups is 1. The highest BCUT2D eigenvalue weighted by Gasteiger charge is 2.14. The highest BCUT2D eigenvalue weighted by Crippen LogP contribution is 2.32. The molecule has 110 valence electrons. The zero-order valence-corrected chi connectivity index (χ0v) is 12.7. The number of rotatable bonds is 3. The molecular weight excluding hydrogens is 272 g/mol. The van der Waals surface area contributed by atoms with Gasteiger partial charge in [-0.15, -0.1) is 0 Å². The van der Waals surface area contributed by atoms with Crippen LogP contribution in [-0.2, 0) is 4.79 Å². The summed E-state index contributed by atoms with van der Waals surface area (Å²) in [6.07, 6.45) is 1.79. The number of aromatic nitrogens is 1. The summed E-state index contributed by atoms with van der Waals surface area (Å²) >= 11 is 0. The Kier molecular flexibility index (Phi) is 3.79. The maximum Gasteiger partial charge on any atom is 0.220 e. The minimum absolute atomic E-state index is 0.0778. The van der Waals surface area contributed by atoms with Crippen molar-refractivity contribution in [1.82, 2.24) is 10.3 Å². The fraction of sp³-hybridized carbons (Fsp3) is 0.105. The Bertz CT molecular complexity index is 844. The molecule has 0 unspecified atom stereocenters. The van der Waals surface area contributed by atoms with E-state index in [0.717, 1.165) is 33.3 Å². The molecule has 3 nitrogen and oxygen atoms in total. The van der Waals surface area contributed by atoms with Gasteiger partial charge >= 0.3 is 0 Å². The number of hydrogen-bond acceptors (Lipinski definition) is 1. The molecule has 0 fully saturated rings. The van der Waals surface area contributed by atoms with Crippen LogP contribution in [0.4, 0.5) is 0 Å². The number of fused-ring (bicyclic) bond motifs is 1. The van der Waals surface area contributed by atoms with Crippen molar-refractivity contribution < 1.29 is 4.79 Å². The van der Waals surface area contributed by atoms with E-state index in [2.05, 4.69) is 41.5 Å². The van der Waals surface area contributed by atoms with Crippen LogP contribution in [0.1, 0.15) is 23.7 Å². The molecule has 3 rings (SSSR count). The van der Waals surface area contributed by atoms with Crippen molar-refractivity contribution in [2.45, 2.75) is 13.8 Å². The standard InChI is InChI=1S/C19H18N2O/c1-13-19(16-10-6-7-11-18(16)21-13)17(12-20-14(2)22)15-8-4-3-5-9-15/h3-12,21H,1-2H3,(H,20,22)/b17-12+. The van der Waals surface area contributed by atoms with Crippen molar-refractivity contribution in [3.05, 3.63) is 77.6 Å². The van der Waals surface area contributed by atoms with Crippen LogP contribution >= 0.6 is 0 Å². The summed E-state index contributed by atoms with van der Waals surface area (Å²) in [7, 11) is 0. The number of nitrogens with one attached hydrogen (secondary N) is 2. The number of aromatic amines is 1. The molecule has 22 heavy (non-hydrogen) atoms. The number of H-pyrrole nitrogens is 1. The molecule has 0 atom stereocenters. The van der Waals surface area contributed by atoms with Crippen molar-refractivity contribution in [2.24, 2.45) is 0 Å². The molecule has 1 amide bonds. The third-order valence-electron chi connectivity index (χ3n) is 3.67. The number of benzene rings is 2. The van der Waals surface area contributed by atoms with Crippen LogP contribution in [0.2, 0.25) is 0 Å². The summed E-state index contributed by atoms with van der Waals surface area (Å²) in [5.74, 6) is -0.0778. The Morgan fingerprint density at radius 1 is 1.05 bits per heavy atom. The molecule has 0 saturated heterocycles. The van der Waals surface area contributed by atoms with Crippen molar-refractivity contribution >= 4 is 22.4 Å². The van der Waals surface area contributed by atoms with Crippen LogP contribution in [0.5, 0.6) is 0 Å². The quantitative estimate of drug-likeness (QED) is 0.752. The first-order valence-electron chi connectivity index (χ1n) is 7.27. The molecule has 0 aliphatic heterocycles. The van der Waals surface area contributed by atoms with Crippen molar-refractivity contribution in [2.75, 3.05) is 0 Å². The van der Waals surface area contributed by atoms with Crippen molar-refractivity contribution in [3.8, 4) is 0 Å². The Balaban J connectivity index is 2.22. The van der Waals surface area contributed by atoms with Crippen LogP contribution in [0.15, 0.2) is 60.8 Å². The maximum absolute atomic E-state index is 11.3. The minimum Gasteiger partial charge on any atom is -0.358 e. The zero-order chi connectivity index (χ0) is 15.5. The summed E-state index contributed by atoms with van der Waals surface area (Å²) in [6.45, 7) is 3.57. The van der Waals surface area contributed by atoms with Crippen LogP contribution < -0.4 is 5.32 Å². The number of carbonyl (C=O) groups excluding carboxylic acids is 1. The van der Waals surface area contributed by atoms with Gasteiger partial charge in [0.25, 0.3) is 0 Å². The Morgan fingerprint density at radius 2 is 1.73 bits per heavy atom. The molecule has 0 saturated carbocycles. The minimum atomic E-state index is -0.0778. The molecule has 0 aliphatic rings. The third-order valence-corrected chi connectivity index (χ3v) is 3.67. The highest BCUT2D eigenvalue weighted by atomic mass is 16.1. The number of hydrogen-bond donors (Lipinski definition) is 2. The lowest BCUT2D eigenvalue weighted by Gasteiger charge is -2.09. The smallest absolute Gasteiger partial charge is 0.220 e. The number of amides is 1. The lowest BCUT2D eigenvalue weighted by atomic mass is 9.96. The van der Waals surface area contributed by atoms with Gasteiger partial charge in [-0.2, -0.15) is 0 Å². The molecule has 1 heterocycles. The fourth-order valence-corrected chi connectivity index (χ4v) is 2.72. The van der Waals surface area contributed by atoms with Gasteiger partial charge in [0.1, 0.15) is 0 Å². The first kappa shape index (κ1) is 14.1. The second-order valence-electron chi connectivity index (χ2n) is 5.30. The van der Waals surface area contributed by atoms with Crippen LogP contribution in [0.25, 0.3) is 16.5 Å². The van der Waals surface area contributed by atoms with E-state index in [1.807, 2.05) is 30.3 Å². The molecule has 3 heteroatoms. The van der Waals surface area contributed by atoms with E-state index < -0.39 is 0 Å². The Morgan fingerprint density at radius 3 is 2.45 bits per heavy atom. The van der Waals surface area contributed by atoms with Gasteiger partial charge in [-0.25, -0.2) is 0 Å². The average Bonchev–Trinajstić information content (AvgIpc) is 2.85. The monoisotopic (exact) mass is 290 g/mol. The van der Waals surface area contributed by atoms with Gasteiger partial charge in [-0.05, 0) is 18.6 Å². The Hall–Kier alpha value is -2.81. The molecule has 0 radical (unpaired) electrons. The second kappa shape index (κ2) is 5.90. The van der Waals surface area contributed by atoms with Gasteiger partial charge in [0, 0.05) is 40.9 Å². The molecule has 0 bridgehead atoms. The normalized spacial score (nSPS) is 11.6. The average molecular weight is 290 g/mol. The van der Waals surface area contributed by atoms with Gasteiger partial charge in [0.05, 0.1) is 0 Å². The molecule has 3 aromatic rings. The third kappa shape index (κ3) is 2.66. The van der Waals surface area contributed by atoms with E-state index in [-0.39, 0.29) is 5.91 Å². The molecule has 0 aliphatic carbocycles.